The highest BCUT2D eigenvalue weighted by Crippen LogP contribution is 2.29. The van der Waals surface area contributed by atoms with E-state index in [2.05, 4.69) is 13.8 Å². The average Bonchev–Trinajstić information content (AvgIpc) is 2.33. The normalized spacial score (nSPS) is 14.6. The lowest BCUT2D eigenvalue weighted by molar-refractivity contribution is 0.376. The van der Waals surface area contributed by atoms with Gasteiger partial charge < -0.3 is 5.73 Å². The lowest BCUT2D eigenvalue weighted by Crippen LogP contribution is -2.22. The SMILES string of the molecule is CCCCC(CC)C(N)c1cc(F)ccc1C. The smallest absolute Gasteiger partial charge is 0.123 e. The van der Waals surface area contributed by atoms with E-state index in [0.717, 1.165) is 24.0 Å². The number of nitrogens with two attached hydrogens (primary N) is 1. The van der Waals surface area contributed by atoms with Gasteiger partial charge in [0.15, 0.2) is 0 Å². The van der Waals surface area contributed by atoms with Gasteiger partial charge in [-0.15, -0.1) is 0 Å². The Hall–Kier alpha value is -0.890. The fourth-order valence-electron chi connectivity index (χ4n) is 2.33. The van der Waals surface area contributed by atoms with Crippen LogP contribution in [0.3, 0.4) is 0 Å². The highest BCUT2D eigenvalue weighted by Gasteiger charge is 2.19. The number of halogens is 1. The molecular formula is C15H24FN. The molecule has 0 aliphatic heterocycles. The first kappa shape index (κ1) is 14.2. The predicted octanol–water partition coefficient (Wildman–Crippen LogP) is 4.35. The molecule has 2 atom stereocenters. The van der Waals surface area contributed by atoms with Crippen LogP contribution in [0.5, 0.6) is 0 Å². The molecule has 1 aromatic carbocycles. The fourth-order valence-corrected chi connectivity index (χ4v) is 2.33. The first-order valence-corrected chi connectivity index (χ1v) is 6.61. The van der Waals surface area contributed by atoms with Gasteiger partial charge in [0.2, 0.25) is 0 Å². The zero-order valence-corrected chi connectivity index (χ0v) is 11.2. The van der Waals surface area contributed by atoms with Gasteiger partial charge >= 0.3 is 0 Å². The number of aryl methyl sites for hydroxylation is 1. The molecule has 0 aliphatic carbocycles. The Morgan fingerprint density at radius 3 is 2.59 bits per heavy atom. The van der Waals surface area contributed by atoms with E-state index in [1.807, 2.05) is 13.0 Å². The van der Waals surface area contributed by atoms with Crippen LogP contribution < -0.4 is 5.73 Å². The first-order chi connectivity index (χ1) is 8.10. The molecule has 2 N–H and O–H groups in total. The van der Waals surface area contributed by atoms with Crippen LogP contribution in [0.15, 0.2) is 18.2 Å². The molecule has 17 heavy (non-hydrogen) atoms. The summed E-state index contributed by atoms with van der Waals surface area (Å²) in [5.41, 5.74) is 8.35. The van der Waals surface area contributed by atoms with Crippen molar-refractivity contribution in [3.63, 3.8) is 0 Å². The minimum absolute atomic E-state index is 0.0396. The van der Waals surface area contributed by atoms with Crippen molar-refractivity contribution in [1.29, 1.82) is 0 Å². The molecule has 0 heterocycles. The molecule has 2 unspecified atom stereocenters. The van der Waals surface area contributed by atoms with Crippen LogP contribution in [0.25, 0.3) is 0 Å². The summed E-state index contributed by atoms with van der Waals surface area (Å²) in [4.78, 5) is 0. The maximum atomic E-state index is 13.3. The van der Waals surface area contributed by atoms with Gasteiger partial charge in [-0.05, 0) is 42.5 Å². The molecule has 0 aromatic heterocycles. The van der Waals surface area contributed by atoms with Crippen LogP contribution in [0.1, 0.15) is 56.7 Å². The molecule has 0 amide bonds. The van der Waals surface area contributed by atoms with Crippen molar-refractivity contribution in [2.24, 2.45) is 11.7 Å². The van der Waals surface area contributed by atoms with Gasteiger partial charge in [-0.2, -0.15) is 0 Å². The number of hydrogen-bond acceptors (Lipinski definition) is 1. The summed E-state index contributed by atoms with van der Waals surface area (Å²) in [7, 11) is 0. The molecule has 1 aromatic rings. The van der Waals surface area contributed by atoms with E-state index in [9.17, 15) is 4.39 Å². The van der Waals surface area contributed by atoms with Gasteiger partial charge in [0.25, 0.3) is 0 Å². The minimum atomic E-state index is -0.189. The molecule has 2 heteroatoms. The second-order valence-electron chi connectivity index (χ2n) is 4.84. The van der Waals surface area contributed by atoms with Crippen LogP contribution in [-0.2, 0) is 0 Å². The summed E-state index contributed by atoms with van der Waals surface area (Å²) in [6.45, 7) is 6.35. The van der Waals surface area contributed by atoms with Crippen molar-refractivity contribution < 1.29 is 4.39 Å². The summed E-state index contributed by atoms with van der Waals surface area (Å²) >= 11 is 0. The molecule has 0 saturated carbocycles. The van der Waals surface area contributed by atoms with E-state index in [1.165, 1.54) is 18.9 Å². The topological polar surface area (TPSA) is 26.0 Å². The third-order valence-electron chi connectivity index (χ3n) is 3.56. The zero-order chi connectivity index (χ0) is 12.8. The van der Waals surface area contributed by atoms with Crippen molar-refractivity contribution in [3.05, 3.63) is 35.1 Å². The van der Waals surface area contributed by atoms with Gasteiger partial charge in [0.1, 0.15) is 5.82 Å². The summed E-state index contributed by atoms with van der Waals surface area (Å²) in [6.07, 6.45) is 4.56. The van der Waals surface area contributed by atoms with Gasteiger partial charge in [-0.1, -0.05) is 39.2 Å². The Morgan fingerprint density at radius 2 is 2.00 bits per heavy atom. The summed E-state index contributed by atoms with van der Waals surface area (Å²) in [5.74, 6) is 0.266. The molecule has 0 saturated heterocycles. The van der Waals surface area contributed by atoms with E-state index >= 15 is 0 Å². The molecule has 1 rings (SSSR count). The number of rotatable bonds is 6. The maximum absolute atomic E-state index is 13.3. The fraction of sp³-hybridized carbons (Fsp3) is 0.600. The quantitative estimate of drug-likeness (QED) is 0.782. The highest BCUT2D eigenvalue weighted by molar-refractivity contribution is 5.29. The van der Waals surface area contributed by atoms with Gasteiger partial charge in [0, 0.05) is 6.04 Å². The van der Waals surface area contributed by atoms with Gasteiger partial charge in [-0.25, -0.2) is 4.39 Å². The molecule has 0 aliphatic rings. The first-order valence-electron chi connectivity index (χ1n) is 6.61. The lowest BCUT2D eigenvalue weighted by atomic mass is 9.86. The van der Waals surface area contributed by atoms with Crippen LogP contribution in [0, 0.1) is 18.7 Å². The van der Waals surface area contributed by atoms with E-state index < -0.39 is 0 Å². The molecule has 0 bridgehead atoms. The third-order valence-corrected chi connectivity index (χ3v) is 3.56. The van der Waals surface area contributed by atoms with Crippen LogP contribution in [0.4, 0.5) is 4.39 Å². The van der Waals surface area contributed by atoms with Crippen molar-refractivity contribution in [2.45, 2.75) is 52.5 Å². The van der Waals surface area contributed by atoms with Gasteiger partial charge in [-0.3, -0.25) is 0 Å². The van der Waals surface area contributed by atoms with E-state index in [-0.39, 0.29) is 11.9 Å². The second kappa shape index (κ2) is 6.75. The number of benzene rings is 1. The molecule has 0 radical (unpaired) electrons. The maximum Gasteiger partial charge on any atom is 0.123 e. The average molecular weight is 237 g/mol. The van der Waals surface area contributed by atoms with Crippen molar-refractivity contribution in [3.8, 4) is 0 Å². The summed E-state index contributed by atoms with van der Waals surface area (Å²) < 4.78 is 13.3. The Balaban J connectivity index is 2.85. The van der Waals surface area contributed by atoms with Crippen molar-refractivity contribution >= 4 is 0 Å². The van der Waals surface area contributed by atoms with Crippen LogP contribution in [-0.4, -0.2) is 0 Å². The van der Waals surface area contributed by atoms with Crippen molar-refractivity contribution in [2.75, 3.05) is 0 Å². The minimum Gasteiger partial charge on any atom is -0.324 e. The van der Waals surface area contributed by atoms with E-state index in [0.29, 0.717) is 5.92 Å². The molecule has 96 valence electrons. The largest absolute Gasteiger partial charge is 0.324 e. The molecule has 0 spiro atoms. The standard InChI is InChI=1S/C15H24FN/c1-4-6-7-12(5-2)15(17)14-10-13(16)9-8-11(14)3/h8-10,12,15H,4-7,17H2,1-3H3. The Bertz CT molecular complexity index is 349. The van der Waals surface area contributed by atoms with E-state index in [4.69, 9.17) is 5.73 Å². The van der Waals surface area contributed by atoms with Gasteiger partial charge in [0.05, 0.1) is 0 Å². The summed E-state index contributed by atoms with van der Waals surface area (Å²) in [6, 6.07) is 4.87. The Labute approximate surface area is 104 Å². The van der Waals surface area contributed by atoms with Crippen LogP contribution in [0.2, 0.25) is 0 Å². The third kappa shape index (κ3) is 3.81. The lowest BCUT2D eigenvalue weighted by Gasteiger charge is -2.24. The Morgan fingerprint density at radius 1 is 1.29 bits per heavy atom. The Kier molecular flexibility index (Phi) is 5.63. The van der Waals surface area contributed by atoms with Crippen molar-refractivity contribution in [1.82, 2.24) is 0 Å². The predicted molar refractivity (Wildman–Crippen MR) is 71.4 cm³/mol. The molecule has 0 fully saturated rings. The summed E-state index contributed by atoms with van der Waals surface area (Å²) in [5, 5.41) is 0. The number of unbranched alkanes of at least 4 members (excludes halogenated alkanes) is 1. The van der Waals surface area contributed by atoms with Crippen LogP contribution >= 0.6 is 0 Å². The second-order valence-corrected chi connectivity index (χ2v) is 4.84. The highest BCUT2D eigenvalue weighted by atomic mass is 19.1. The van der Waals surface area contributed by atoms with E-state index in [1.54, 1.807) is 6.07 Å². The zero-order valence-electron chi connectivity index (χ0n) is 11.2. The monoisotopic (exact) mass is 237 g/mol. The molecular weight excluding hydrogens is 213 g/mol. The molecule has 1 nitrogen and oxygen atoms in total. The number of hydrogen-bond donors (Lipinski definition) is 1.